The summed E-state index contributed by atoms with van der Waals surface area (Å²) in [6.45, 7) is 0.0324. The number of benzene rings is 1. The van der Waals surface area contributed by atoms with Crippen molar-refractivity contribution in [1.29, 1.82) is 0 Å². The molecule has 1 atom stereocenters. The second-order valence-electron chi connectivity index (χ2n) is 3.92. The molecule has 1 aromatic rings. The minimum atomic E-state index is -4.45. The van der Waals surface area contributed by atoms with Crippen LogP contribution in [0.3, 0.4) is 0 Å². The molecule has 0 aliphatic rings. The first kappa shape index (κ1) is 17.4. The molecule has 0 saturated heterocycles. The Morgan fingerprint density at radius 3 is 2.50 bits per heavy atom. The molecule has 1 amide bonds. The molecule has 0 heterocycles. The number of hydrogen-bond donors (Lipinski definition) is 2. The van der Waals surface area contributed by atoms with E-state index in [2.05, 4.69) is 21.2 Å². The van der Waals surface area contributed by atoms with E-state index >= 15 is 0 Å². The maximum absolute atomic E-state index is 12.0. The standard InChI is InChI=1S/C11H10BrCl2F3N2O/c1-5(10(20)18-4-11(15,16)17)19-7-3-2-6(12)8(13)9(7)14/h2-3,5,19H,4H2,1H3,(H,18,20). The number of carbonyl (C=O) groups is 1. The molecule has 2 N–H and O–H groups in total. The summed E-state index contributed by atoms with van der Waals surface area (Å²) in [4.78, 5) is 11.5. The van der Waals surface area contributed by atoms with Gasteiger partial charge in [0.15, 0.2) is 0 Å². The molecule has 0 radical (unpaired) electrons. The average molecular weight is 394 g/mol. The van der Waals surface area contributed by atoms with Crippen LogP contribution >= 0.6 is 39.1 Å². The van der Waals surface area contributed by atoms with E-state index in [1.165, 1.54) is 6.92 Å². The number of alkyl halides is 3. The molecular formula is C11H10BrCl2F3N2O. The van der Waals surface area contributed by atoms with Crippen LogP contribution in [0.15, 0.2) is 16.6 Å². The van der Waals surface area contributed by atoms with E-state index in [9.17, 15) is 18.0 Å². The number of nitrogens with one attached hydrogen (secondary N) is 2. The molecule has 0 fully saturated rings. The lowest BCUT2D eigenvalue weighted by Crippen LogP contribution is -2.42. The largest absolute Gasteiger partial charge is 0.405 e. The van der Waals surface area contributed by atoms with Gasteiger partial charge in [0, 0.05) is 4.47 Å². The minimum absolute atomic E-state index is 0.177. The van der Waals surface area contributed by atoms with Crippen molar-refractivity contribution < 1.29 is 18.0 Å². The molecule has 0 aliphatic heterocycles. The van der Waals surface area contributed by atoms with E-state index in [1.54, 1.807) is 17.4 Å². The van der Waals surface area contributed by atoms with Crippen LogP contribution in [0.5, 0.6) is 0 Å². The smallest absolute Gasteiger partial charge is 0.373 e. The Morgan fingerprint density at radius 1 is 1.35 bits per heavy atom. The van der Waals surface area contributed by atoms with Gasteiger partial charge in [-0.05, 0) is 35.0 Å². The van der Waals surface area contributed by atoms with Gasteiger partial charge >= 0.3 is 6.18 Å². The highest BCUT2D eigenvalue weighted by Gasteiger charge is 2.28. The van der Waals surface area contributed by atoms with Gasteiger partial charge in [-0.1, -0.05) is 23.2 Å². The van der Waals surface area contributed by atoms with Crippen molar-refractivity contribution >= 4 is 50.7 Å². The molecule has 1 unspecified atom stereocenters. The van der Waals surface area contributed by atoms with Gasteiger partial charge in [-0.15, -0.1) is 0 Å². The fourth-order valence-corrected chi connectivity index (χ4v) is 2.11. The Kier molecular flexibility index (Phi) is 5.97. The number of rotatable bonds is 4. The van der Waals surface area contributed by atoms with Crippen LogP contribution in [0.25, 0.3) is 0 Å². The summed E-state index contributed by atoms with van der Waals surface area (Å²) in [5.74, 6) is -0.794. The van der Waals surface area contributed by atoms with Crippen molar-refractivity contribution in [2.45, 2.75) is 19.1 Å². The summed E-state index contributed by atoms with van der Waals surface area (Å²) in [6, 6.07) is 2.27. The molecule has 20 heavy (non-hydrogen) atoms. The Balaban J connectivity index is 2.69. The second-order valence-corrected chi connectivity index (χ2v) is 5.53. The van der Waals surface area contributed by atoms with E-state index in [0.29, 0.717) is 10.2 Å². The van der Waals surface area contributed by atoms with Crippen LogP contribution in [-0.4, -0.2) is 24.7 Å². The van der Waals surface area contributed by atoms with Crippen molar-refractivity contribution in [2.24, 2.45) is 0 Å². The zero-order valence-corrected chi connectivity index (χ0v) is 13.2. The van der Waals surface area contributed by atoms with Crippen LogP contribution in [0.4, 0.5) is 18.9 Å². The quantitative estimate of drug-likeness (QED) is 0.751. The highest BCUT2D eigenvalue weighted by molar-refractivity contribution is 9.10. The van der Waals surface area contributed by atoms with Gasteiger partial charge in [0.05, 0.1) is 15.7 Å². The molecule has 1 aromatic carbocycles. The maximum atomic E-state index is 12.0. The molecule has 9 heteroatoms. The predicted molar refractivity (Wildman–Crippen MR) is 76.3 cm³/mol. The van der Waals surface area contributed by atoms with E-state index in [4.69, 9.17) is 23.2 Å². The van der Waals surface area contributed by atoms with Gasteiger partial charge in [0.1, 0.15) is 12.6 Å². The van der Waals surface area contributed by atoms with Crippen molar-refractivity contribution in [1.82, 2.24) is 5.32 Å². The van der Waals surface area contributed by atoms with Gasteiger partial charge in [-0.3, -0.25) is 4.79 Å². The predicted octanol–water partition coefficient (Wildman–Crippen LogP) is 4.23. The molecule has 0 bridgehead atoms. The normalized spacial score (nSPS) is 12.9. The highest BCUT2D eigenvalue weighted by atomic mass is 79.9. The van der Waals surface area contributed by atoms with E-state index < -0.39 is 24.7 Å². The zero-order chi connectivity index (χ0) is 15.5. The van der Waals surface area contributed by atoms with Crippen molar-refractivity contribution in [3.05, 3.63) is 26.7 Å². The van der Waals surface area contributed by atoms with Crippen LogP contribution in [0.1, 0.15) is 6.92 Å². The third-order valence-electron chi connectivity index (χ3n) is 2.26. The third kappa shape index (κ3) is 5.03. The summed E-state index contributed by atoms with van der Waals surface area (Å²) < 4.78 is 36.5. The summed E-state index contributed by atoms with van der Waals surface area (Å²) in [5, 5.41) is 4.90. The monoisotopic (exact) mass is 392 g/mol. The Bertz CT molecular complexity index is 511. The van der Waals surface area contributed by atoms with Crippen LogP contribution in [0.2, 0.25) is 10.0 Å². The summed E-state index contributed by atoms with van der Waals surface area (Å²) in [7, 11) is 0. The van der Waals surface area contributed by atoms with Gasteiger partial charge in [0.2, 0.25) is 5.91 Å². The van der Waals surface area contributed by atoms with Crippen molar-refractivity contribution in [2.75, 3.05) is 11.9 Å². The summed E-state index contributed by atoms with van der Waals surface area (Å²) in [5.41, 5.74) is 0.356. The molecule has 3 nitrogen and oxygen atoms in total. The van der Waals surface area contributed by atoms with Crippen LogP contribution < -0.4 is 10.6 Å². The summed E-state index contributed by atoms with van der Waals surface area (Å²) in [6.07, 6.45) is -4.45. The lowest BCUT2D eigenvalue weighted by atomic mass is 10.2. The molecule has 0 aromatic heterocycles. The van der Waals surface area contributed by atoms with E-state index in [0.717, 1.165) is 0 Å². The van der Waals surface area contributed by atoms with Crippen LogP contribution in [0, 0.1) is 0 Å². The lowest BCUT2D eigenvalue weighted by molar-refractivity contribution is -0.138. The average Bonchev–Trinajstić information content (AvgIpc) is 2.35. The molecule has 0 aliphatic carbocycles. The van der Waals surface area contributed by atoms with Gasteiger partial charge in [-0.25, -0.2) is 0 Å². The third-order valence-corrected chi connectivity index (χ3v) is 4.03. The fourth-order valence-electron chi connectivity index (χ4n) is 1.28. The van der Waals surface area contributed by atoms with Gasteiger partial charge < -0.3 is 10.6 Å². The van der Waals surface area contributed by atoms with Crippen LogP contribution in [-0.2, 0) is 4.79 Å². The number of carbonyl (C=O) groups excluding carboxylic acids is 1. The molecule has 1 rings (SSSR count). The van der Waals surface area contributed by atoms with Gasteiger partial charge in [-0.2, -0.15) is 13.2 Å². The zero-order valence-electron chi connectivity index (χ0n) is 10.1. The molecular weight excluding hydrogens is 384 g/mol. The van der Waals surface area contributed by atoms with Gasteiger partial charge in [0.25, 0.3) is 0 Å². The first-order chi connectivity index (χ1) is 9.11. The molecule has 0 spiro atoms. The van der Waals surface area contributed by atoms with E-state index in [-0.39, 0.29) is 10.0 Å². The second kappa shape index (κ2) is 6.87. The Hall–Kier alpha value is -0.660. The number of anilines is 1. The SMILES string of the molecule is CC(Nc1ccc(Br)c(Cl)c1Cl)C(=O)NCC(F)(F)F. The Labute approximate surface area is 131 Å². The first-order valence-electron chi connectivity index (χ1n) is 5.36. The first-order valence-corrected chi connectivity index (χ1v) is 6.91. The van der Waals surface area contributed by atoms with E-state index in [1.807, 2.05) is 0 Å². The lowest BCUT2D eigenvalue weighted by Gasteiger charge is -2.17. The fraction of sp³-hybridized carbons (Fsp3) is 0.364. The number of hydrogen-bond acceptors (Lipinski definition) is 2. The number of halogens is 6. The Morgan fingerprint density at radius 2 is 1.95 bits per heavy atom. The van der Waals surface area contributed by atoms with Crippen molar-refractivity contribution in [3.8, 4) is 0 Å². The topological polar surface area (TPSA) is 41.1 Å². The minimum Gasteiger partial charge on any atom is -0.373 e. The molecule has 0 saturated carbocycles. The highest BCUT2D eigenvalue weighted by Crippen LogP contribution is 2.36. The maximum Gasteiger partial charge on any atom is 0.405 e. The number of amides is 1. The van der Waals surface area contributed by atoms with Crippen molar-refractivity contribution in [3.63, 3.8) is 0 Å². The summed E-state index contributed by atoms with van der Waals surface area (Å²) >= 11 is 15.0. The molecule has 112 valence electrons.